The molecular weight excluding hydrogens is 188 g/mol. The van der Waals surface area contributed by atoms with E-state index in [0.29, 0.717) is 0 Å². The van der Waals surface area contributed by atoms with Gasteiger partial charge in [0.05, 0.1) is 6.10 Å². The maximum absolute atomic E-state index is 11.9. The highest BCUT2D eigenvalue weighted by molar-refractivity contribution is 6.05. The van der Waals surface area contributed by atoms with Crippen LogP contribution in [0.3, 0.4) is 0 Å². The molecule has 84 valence electrons. The van der Waals surface area contributed by atoms with Crippen LogP contribution in [0.2, 0.25) is 0 Å². The summed E-state index contributed by atoms with van der Waals surface area (Å²) in [7, 11) is 0. The third kappa shape index (κ3) is 2.37. The van der Waals surface area contributed by atoms with Gasteiger partial charge >= 0.3 is 0 Å². The Morgan fingerprint density at radius 2 is 2.13 bits per heavy atom. The van der Waals surface area contributed by atoms with Gasteiger partial charge in [-0.1, -0.05) is 19.9 Å². The van der Waals surface area contributed by atoms with Gasteiger partial charge in [0, 0.05) is 5.57 Å². The van der Waals surface area contributed by atoms with E-state index in [9.17, 15) is 9.90 Å². The molecule has 0 heterocycles. The third-order valence-electron chi connectivity index (χ3n) is 3.18. The van der Waals surface area contributed by atoms with E-state index in [0.717, 1.165) is 24.0 Å². The van der Waals surface area contributed by atoms with E-state index in [-0.39, 0.29) is 11.2 Å². The van der Waals surface area contributed by atoms with E-state index >= 15 is 0 Å². The van der Waals surface area contributed by atoms with Crippen molar-refractivity contribution in [3.8, 4) is 0 Å². The normalized spacial score (nSPS) is 26.1. The van der Waals surface area contributed by atoms with Crippen LogP contribution < -0.4 is 0 Å². The van der Waals surface area contributed by atoms with Gasteiger partial charge in [-0.25, -0.2) is 0 Å². The van der Waals surface area contributed by atoms with Crippen LogP contribution in [0, 0.1) is 5.41 Å². The first-order valence-corrected chi connectivity index (χ1v) is 5.46. The minimum absolute atomic E-state index is 0.0405. The van der Waals surface area contributed by atoms with Crippen molar-refractivity contribution in [2.24, 2.45) is 5.41 Å². The van der Waals surface area contributed by atoms with Crippen molar-refractivity contribution in [3.05, 3.63) is 23.3 Å². The van der Waals surface area contributed by atoms with Gasteiger partial charge in [-0.05, 0) is 43.8 Å². The zero-order valence-electron chi connectivity index (χ0n) is 10.0. The highest BCUT2D eigenvalue weighted by Crippen LogP contribution is 2.40. The van der Waals surface area contributed by atoms with E-state index < -0.39 is 6.10 Å². The second kappa shape index (κ2) is 4.31. The van der Waals surface area contributed by atoms with Crippen LogP contribution in [-0.2, 0) is 4.79 Å². The monoisotopic (exact) mass is 208 g/mol. The Morgan fingerprint density at radius 3 is 2.67 bits per heavy atom. The highest BCUT2D eigenvalue weighted by atomic mass is 16.3. The summed E-state index contributed by atoms with van der Waals surface area (Å²) in [6.07, 6.45) is 4.51. The summed E-state index contributed by atoms with van der Waals surface area (Å²) >= 11 is 0. The first kappa shape index (κ1) is 12.2. The molecule has 1 atom stereocenters. The average molecular weight is 208 g/mol. The zero-order chi connectivity index (χ0) is 11.6. The molecule has 0 aliphatic heterocycles. The average Bonchev–Trinajstić information content (AvgIpc) is 2.12. The van der Waals surface area contributed by atoms with Crippen molar-refractivity contribution in [3.63, 3.8) is 0 Å². The standard InChI is InChI=1S/C13H20O2/c1-5-6-11(15)12-9(2)10(14)7-8-13(12,3)4/h5-6,10,14H,7-8H2,1-4H3/b6-5+. The van der Waals surface area contributed by atoms with Gasteiger partial charge < -0.3 is 5.11 Å². The molecule has 0 spiro atoms. The molecule has 0 aromatic carbocycles. The van der Waals surface area contributed by atoms with Gasteiger partial charge in [0.25, 0.3) is 0 Å². The minimum Gasteiger partial charge on any atom is -0.389 e. The van der Waals surface area contributed by atoms with E-state index in [1.165, 1.54) is 0 Å². The number of aliphatic hydroxyl groups is 1. The Kier molecular flexibility index (Phi) is 3.50. The number of hydrogen-bond acceptors (Lipinski definition) is 2. The third-order valence-corrected chi connectivity index (χ3v) is 3.18. The SMILES string of the molecule is C/C=C/C(=O)C1=C(C)C(O)CCC1(C)C. The fourth-order valence-electron chi connectivity index (χ4n) is 2.30. The number of carbonyl (C=O) groups excluding carboxylic acids is 1. The lowest BCUT2D eigenvalue weighted by atomic mass is 9.70. The topological polar surface area (TPSA) is 37.3 Å². The number of carbonyl (C=O) groups is 1. The minimum atomic E-state index is -0.442. The van der Waals surface area contributed by atoms with Crippen molar-refractivity contribution in [2.45, 2.75) is 46.6 Å². The molecule has 0 saturated carbocycles. The molecule has 1 unspecified atom stereocenters. The summed E-state index contributed by atoms with van der Waals surface area (Å²) in [5.74, 6) is 0.0405. The second-order valence-corrected chi connectivity index (χ2v) is 4.86. The van der Waals surface area contributed by atoms with Crippen LogP contribution in [0.15, 0.2) is 23.3 Å². The van der Waals surface area contributed by atoms with Crippen molar-refractivity contribution in [1.29, 1.82) is 0 Å². The molecule has 2 nitrogen and oxygen atoms in total. The molecule has 1 aliphatic rings. The smallest absolute Gasteiger partial charge is 0.182 e. The molecular formula is C13H20O2. The maximum atomic E-state index is 11.9. The maximum Gasteiger partial charge on any atom is 0.182 e. The van der Waals surface area contributed by atoms with Crippen molar-refractivity contribution in [2.75, 3.05) is 0 Å². The summed E-state index contributed by atoms with van der Waals surface area (Å²) in [4.78, 5) is 11.9. The molecule has 0 amide bonds. The molecule has 0 saturated heterocycles. The highest BCUT2D eigenvalue weighted by Gasteiger charge is 2.35. The van der Waals surface area contributed by atoms with Crippen LogP contribution in [0.5, 0.6) is 0 Å². The zero-order valence-corrected chi connectivity index (χ0v) is 10.0. The summed E-state index contributed by atoms with van der Waals surface area (Å²) in [6.45, 7) is 7.83. The van der Waals surface area contributed by atoms with Crippen LogP contribution in [0.4, 0.5) is 0 Å². The number of rotatable bonds is 2. The lowest BCUT2D eigenvalue weighted by molar-refractivity contribution is -0.112. The van der Waals surface area contributed by atoms with Gasteiger partial charge in [0.1, 0.15) is 0 Å². The van der Waals surface area contributed by atoms with Gasteiger partial charge in [-0.15, -0.1) is 0 Å². The van der Waals surface area contributed by atoms with Crippen molar-refractivity contribution in [1.82, 2.24) is 0 Å². The molecule has 2 heteroatoms. The van der Waals surface area contributed by atoms with E-state index in [1.54, 1.807) is 12.2 Å². The second-order valence-electron chi connectivity index (χ2n) is 4.86. The summed E-state index contributed by atoms with van der Waals surface area (Å²) < 4.78 is 0. The molecule has 1 aliphatic carbocycles. The van der Waals surface area contributed by atoms with Gasteiger partial charge in [-0.3, -0.25) is 4.79 Å². The van der Waals surface area contributed by atoms with E-state index in [4.69, 9.17) is 0 Å². The summed E-state index contributed by atoms with van der Waals surface area (Å²) in [5.41, 5.74) is 1.52. The quantitative estimate of drug-likeness (QED) is 0.708. The van der Waals surface area contributed by atoms with Crippen molar-refractivity contribution >= 4 is 5.78 Å². The molecule has 0 aromatic heterocycles. The lowest BCUT2D eigenvalue weighted by Crippen LogP contribution is -2.31. The Bertz CT molecular complexity index is 321. The van der Waals surface area contributed by atoms with Crippen LogP contribution in [0.25, 0.3) is 0 Å². The Labute approximate surface area is 91.7 Å². The molecule has 1 N–H and O–H groups in total. The molecule has 0 fully saturated rings. The molecule has 15 heavy (non-hydrogen) atoms. The molecule has 0 bridgehead atoms. The van der Waals surface area contributed by atoms with Crippen LogP contribution >= 0.6 is 0 Å². The number of allylic oxidation sites excluding steroid dienone is 3. The number of ketones is 1. The fraction of sp³-hybridized carbons (Fsp3) is 0.615. The van der Waals surface area contributed by atoms with E-state index in [2.05, 4.69) is 13.8 Å². The van der Waals surface area contributed by atoms with Crippen LogP contribution in [0.1, 0.15) is 40.5 Å². The largest absolute Gasteiger partial charge is 0.389 e. The first-order valence-electron chi connectivity index (χ1n) is 5.46. The van der Waals surface area contributed by atoms with Crippen molar-refractivity contribution < 1.29 is 9.90 Å². The Hall–Kier alpha value is -0.890. The number of hydrogen-bond donors (Lipinski definition) is 1. The molecule has 1 rings (SSSR count). The predicted molar refractivity (Wildman–Crippen MR) is 61.5 cm³/mol. The Morgan fingerprint density at radius 1 is 1.53 bits per heavy atom. The lowest BCUT2D eigenvalue weighted by Gasteiger charge is -2.35. The van der Waals surface area contributed by atoms with Gasteiger partial charge in [0.2, 0.25) is 0 Å². The molecule has 0 aromatic rings. The molecule has 0 radical (unpaired) electrons. The fourth-order valence-corrected chi connectivity index (χ4v) is 2.30. The number of aliphatic hydroxyl groups excluding tert-OH is 1. The predicted octanol–water partition coefficient (Wildman–Crippen LogP) is 2.63. The first-order chi connectivity index (χ1) is 6.90. The van der Waals surface area contributed by atoms with E-state index in [1.807, 2.05) is 13.8 Å². The Balaban J connectivity index is 3.17. The van der Waals surface area contributed by atoms with Gasteiger partial charge in [-0.2, -0.15) is 0 Å². The van der Waals surface area contributed by atoms with Crippen LogP contribution in [-0.4, -0.2) is 17.0 Å². The summed E-state index contributed by atoms with van der Waals surface area (Å²) in [6, 6.07) is 0. The summed E-state index contributed by atoms with van der Waals surface area (Å²) in [5, 5.41) is 9.76. The van der Waals surface area contributed by atoms with Gasteiger partial charge in [0.15, 0.2) is 5.78 Å².